The first-order valence-electron chi connectivity index (χ1n) is 8.19. The molecule has 0 saturated heterocycles. The summed E-state index contributed by atoms with van der Waals surface area (Å²) in [7, 11) is -4.23. The van der Waals surface area contributed by atoms with Crippen LogP contribution in [-0.4, -0.2) is 20.0 Å². The summed E-state index contributed by atoms with van der Waals surface area (Å²) in [5.74, 6) is -0.211. The van der Waals surface area contributed by atoms with Gasteiger partial charge in [0.15, 0.2) is 0 Å². The Morgan fingerprint density at radius 2 is 1.52 bits per heavy atom. The molecule has 10 heteroatoms. The van der Waals surface area contributed by atoms with Crippen LogP contribution in [0.2, 0.25) is 0 Å². The van der Waals surface area contributed by atoms with Crippen LogP contribution in [0.25, 0.3) is 0 Å². The summed E-state index contributed by atoms with van der Waals surface area (Å²) in [6.45, 7) is -3.07. The lowest BCUT2D eigenvalue weighted by molar-refractivity contribution is -0.384. The molecular weight excluding hydrogens is 406 g/mol. The first-order valence-corrected chi connectivity index (χ1v) is 9.63. The van der Waals surface area contributed by atoms with E-state index in [1.807, 2.05) is 0 Å². The first kappa shape index (κ1) is 20.2. The molecule has 3 aromatic carbocycles. The van der Waals surface area contributed by atoms with E-state index in [0.717, 1.165) is 28.6 Å². The Morgan fingerprint density at radius 1 is 0.897 bits per heavy atom. The van der Waals surface area contributed by atoms with Gasteiger partial charge in [-0.3, -0.25) is 10.1 Å². The second kappa shape index (κ2) is 8.23. The minimum atomic E-state index is -4.23. The lowest BCUT2D eigenvalue weighted by Crippen LogP contribution is -2.26. The SMILES string of the molecule is O=[N+]([O-])c1ccc(S(=O)(=O)N(c2ccccc2)c2cccc(OC(F)F)c2)cc1. The van der Waals surface area contributed by atoms with Gasteiger partial charge in [-0.2, -0.15) is 8.78 Å². The fraction of sp³-hybridized carbons (Fsp3) is 0.0526. The van der Waals surface area contributed by atoms with Gasteiger partial charge < -0.3 is 4.74 Å². The summed E-state index contributed by atoms with van der Waals surface area (Å²) < 4.78 is 57.1. The second-order valence-corrected chi connectivity index (χ2v) is 7.52. The van der Waals surface area contributed by atoms with E-state index in [1.165, 1.54) is 36.4 Å². The maximum Gasteiger partial charge on any atom is 0.387 e. The van der Waals surface area contributed by atoms with Crippen molar-refractivity contribution in [1.82, 2.24) is 0 Å². The highest BCUT2D eigenvalue weighted by molar-refractivity contribution is 7.93. The number of nitrogens with zero attached hydrogens (tertiary/aromatic N) is 2. The molecule has 0 spiro atoms. The maximum atomic E-state index is 13.3. The summed E-state index contributed by atoms with van der Waals surface area (Å²) in [5.41, 5.74) is 0.0512. The van der Waals surface area contributed by atoms with E-state index in [1.54, 1.807) is 18.2 Å². The van der Waals surface area contributed by atoms with Crippen molar-refractivity contribution in [2.24, 2.45) is 0 Å². The third-order valence-electron chi connectivity index (χ3n) is 3.85. The number of nitro benzene ring substituents is 1. The Labute approximate surface area is 165 Å². The lowest BCUT2D eigenvalue weighted by atomic mass is 10.2. The fourth-order valence-electron chi connectivity index (χ4n) is 2.62. The van der Waals surface area contributed by atoms with Crippen LogP contribution < -0.4 is 9.04 Å². The molecular formula is C19H14F2N2O5S. The predicted octanol–water partition coefficient (Wildman–Crippen LogP) is 4.72. The number of sulfonamides is 1. The van der Waals surface area contributed by atoms with Crippen LogP contribution in [0.5, 0.6) is 5.75 Å². The number of hydrogen-bond acceptors (Lipinski definition) is 5. The van der Waals surface area contributed by atoms with Crippen molar-refractivity contribution in [2.75, 3.05) is 4.31 Å². The van der Waals surface area contributed by atoms with Gasteiger partial charge in [0.05, 0.1) is 21.2 Å². The van der Waals surface area contributed by atoms with E-state index >= 15 is 0 Å². The summed E-state index contributed by atoms with van der Waals surface area (Å²) >= 11 is 0. The summed E-state index contributed by atoms with van der Waals surface area (Å²) in [5, 5.41) is 10.8. The minimum absolute atomic E-state index is 0.0627. The maximum absolute atomic E-state index is 13.3. The van der Waals surface area contributed by atoms with Gasteiger partial charge in [0.2, 0.25) is 0 Å². The number of non-ortho nitro benzene ring substituents is 1. The Kier molecular flexibility index (Phi) is 5.74. The van der Waals surface area contributed by atoms with E-state index in [9.17, 15) is 27.3 Å². The first-order chi connectivity index (χ1) is 13.8. The lowest BCUT2D eigenvalue weighted by Gasteiger charge is -2.25. The third kappa shape index (κ3) is 4.49. The van der Waals surface area contributed by atoms with Crippen molar-refractivity contribution in [3.8, 4) is 5.75 Å². The van der Waals surface area contributed by atoms with Crippen molar-refractivity contribution in [3.05, 3.63) is 89.0 Å². The summed E-state index contributed by atoms with van der Waals surface area (Å²) in [4.78, 5) is 9.99. The predicted molar refractivity (Wildman–Crippen MR) is 102 cm³/mol. The van der Waals surface area contributed by atoms with Gasteiger partial charge in [0, 0.05) is 18.2 Å². The highest BCUT2D eigenvalue weighted by Crippen LogP contribution is 2.34. The largest absolute Gasteiger partial charge is 0.435 e. The molecule has 0 bridgehead atoms. The van der Waals surface area contributed by atoms with Crippen LogP contribution in [0.4, 0.5) is 25.8 Å². The molecule has 0 amide bonds. The Balaban J connectivity index is 2.12. The molecule has 0 radical (unpaired) electrons. The van der Waals surface area contributed by atoms with Crippen molar-refractivity contribution >= 4 is 27.1 Å². The molecule has 150 valence electrons. The average molecular weight is 420 g/mol. The van der Waals surface area contributed by atoms with Gasteiger partial charge in [0.1, 0.15) is 5.75 Å². The molecule has 3 aromatic rings. The monoisotopic (exact) mass is 420 g/mol. The zero-order chi connectivity index (χ0) is 21.0. The molecule has 0 aromatic heterocycles. The molecule has 29 heavy (non-hydrogen) atoms. The number of benzene rings is 3. The Morgan fingerprint density at radius 3 is 2.10 bits per heavy atom. The van der Waals surface area contributed by atoms with Crippen molar-refractivity contribution in [3.63, 3.8) is 0 Å². The molecule has 0 aliphatic carbocycles. The quantitative estimate of drug-likeness (QED) is 0.407. The number of rotatable bonds is 7. The standard InChI is InChI=1S/C19H14F2N2O5S/c20-19(21)28-17-8-4-7-16(13-17)22(14-5-2-1-3-6-14)29(26,27)18-11-9-15(10-12-18)23(24)25/h1-13,19H. The second-order valence-electron chi connectivity index (χ2n) is 5.73. The zero-order valence-corrected chi connectivity index (χ0v) is 15.5. The summed E-state index contributed by atoms with van der Waals surface area (Å²) in [6.07, 6.45) is 0. The number of halogens is 2. The normalized spacial score (nSPS) is 11.3. The van der Waals surface area contributed by atoms with E-state index in [0.29, 0.717) is 0 Å². The molecule has 0 fully saturated rings. The molecule has 0 heterocycles. The van der Waals surface area contributed by atoms with E-state index in [4.69, 9.17) is 0 Å². The van der Waals surface area contributed by atoms with E-state index in [2.05, 4.69) is 4.74 Å². The fourth-order valence-corrected chi connectivity index (χ4v) is 4.10. The van der Waals surface area contributed by atoms with Crippen LogP contribution in [0, 0.1) is 10.1 Å². The van der Waals surface area contributed by atoms with Crippen LogP contribution in [0.1, 0.15) is 0 Å². The topological polar surface area (TPSA) is 89.8 Å². The highest BCUT2D eigenvalue weighted by atomic mass is 32.2. The van der Waals surface area contributed by atoms with Crippen LogP contribution in [0.15, 0.2) is 83.8 Å². The van der Waals surface area contributed by atoms with Crippen molar-refractivity contribution in [2.45, 2.75) is 11.5 Å². The molecule has 0 saturated carbocycles. The molecule has 0 unspecified atom stereocenters. The van der Waals surface area contributed by atoms with Crippen LogP contribution in [0.3, 0.4) is 0 Å². The zero-order valence-electron chi connectivity index (χ0n) is 14.7. The third-order valence-corrected chi connectivity index (χ3v) is 5.62. The van der Waals surface area contributed by atoms with Gasteiger partial charge >= 0.3 is 6.61 Å². The smallest absolute Gasteiger partial charge is 0.387 e. The molecule has 7 nitrogen and oxygen atoms in total. The molecule has 3 rings (SSSR count). The minimum Gasteiger partial charge on any atom is -0.435 e. The molecule has 0 atom stereocenters. The summed E-state index contributed by atoms with van der Waals surface area (Å²) in [6, 6.07) is 17.6. The number of alkyl halides is 2. The van der Waals surface area contributed by atoms with E-state index < -0.39 is 21.6 Å². The Bertz CT molecular complexity index is 1110. The number of hydrogen-bond donors (Lipinski definition) is 0. The molecule has 0 aliphatic heterocycles. The van der Waals surface area contributed by atoms with Crippen LogP contribution in [-0.2, 0) is 10.0 Å². The Hall–Kier alpha value is -3.53. The van der Waals surface area contributed by atoms with Crippen molar-refractivity contribution in [1.29, 1.82) is 0 Å². The van der Waals surface area contributed by atoms with Crippen LogP contribution >= 0.6 is 0 Å². The highest BCUT2D eigenvalue weighted by Gasteiger charge is 2.27. The van der Waals surface area contributed by atoms with Gasteiger partial charge in [-0.05, 0) is 36.4 Å². The number of nitro groups is 1. The molecule has 0 aliphatic rings. The number of anilines is 2. The molecule has 0 N–H and O–H groups in total. The van der Waals surface area contributed by atoms with Crippen molar-refractivity contribution < 1.29 is 26.9 Å². The number of ether oxygens (including phenoxy) is 1. The number of para-hydroxylation sites is 1. The average Bonchev–Trinajstić information content (AvgIpc) is 2.68. The van der Waals surface area contributed by atoms with Gasteiger partial charge in [-0.1, -0.05) is 24.3 Å². The van der Waals surface area contributed by atoms with Gasteiger partial charge in [-0.25, -0.2) is 12.7 Å². The van der Waals surface area contributed by atoms with Gasteiger partial charge in [-0.15, -0.1) is 0 Å². The van der Waals surface area contributed by atoms with Gasteiger partial charge in [0.25, 0.3) is 15.7 Å². The van der Waals surface area contributed by atoms with E-state index in [-0.39, 0.29) is 27.7 Å².